The SMILES string of the molecule is CC1CCCC(OC(=O)Cn2cc(CN)nn2)C1. The van der Waals surface area contributed by atoms with Crippen LogP contribution in [0.2, 0.25) is 0 Å². The number of ether oxygens (including phenoxy) is 1. The van der Waals surface area contributed by atoms with E-state index in [1.807, 2.05) is 0 Å². The Bertz CT molecular complexity index is 405. The molecule has 1 fully saturated rings. The average Bonchev–Trinajstić information content (AvgIpc) is 2.76. The predicted octanol–water partition coefficient (Wildman–Crippen LogP) is 0.859. The van der Waals surface area contributed by atoms with Gasteiger partial charge in [-0.1, -0.05) is 18.6 Å². The van der Waals surface area contributed by atoms with Gasteiger partial charge in [0, 0.05) is 6.54 Å². The molecular weight excluding hydrogens is 232 g/mol. The maximum Gasteiger partial charge on any atom is 0.328 e. The Morgan fingerprint density at radius 3 is 3.11 bits per heavy atom. The fraction of sp³-hybridized carbons (Fsp3) is 0.750. The fourth-order valence-electron chi connectivity index (χ4n) is 2.35. The first kappa shape index (κ1) is 13.0. The summed E-state index contributed by atoms with van der Waals surface area (Å²) in [4.78, 5) is 11.7. The zero-order valence-electron chi connectivity index (χ0n) is 10.7. The van der Waals surface area contributed by atoms with Crippen molar-refractivity contribution in [1.29, 1.82) is 0 Å². The Morgan fingerprint density at radius 1 is 1.61 bits per heavy atom. The van der Waals surface area contributed by atoms with Crippen LogP contribution in [0.5, 0.6) is 0 Å². The van der Waals surface area contributed by atoms with Crippen molar-refractivity contribution in [1.82, 2.24) is 15.0 Å². The van der Waals surface area contributed by atoms with Crippen LogP contribution in [0, 0.1) is 5.92 Å². The molecule has 0 saturated heterocycles. The van der Waals surface area contributed by atoms with E-state index in [1.165, 1.54) is 11.1 Å². The second-order valence-corrected chi connectivity index (χ2v) is 5.00. The predicted molar refractivity (Wildman–Crippen MR) is 65.4 cm³/mol. The van der Waals surface area contributed by atoms with Crippen LogP contribution in [0.4, 0.5) is 0 Å². The van der Waals surface area contributed by atoms with E-state index in [-0.39, 0.29) is 18.6 Å². The summed E-state index contributed by atoms with van der Waals surface area (Å²) in [6.07, 6.45) is 6.05. The first-order valence-corrected chi connectivity index (χ1v) is 6.46. The molecule has 1 saturated carbocycles. The van der Waals surface area contributed by atoms with Gasteiger partial charge in [-0.05, 0) is 25.2 Å². The van der Waals surface area contributed by atoms with Crippen LogP contribution < -0.4 is 5.73 Å². The minimum absolute atomic E-state index is 0.0683. The summed E-state index contributed by atoms with van der Waals surface area (Å²) >= 11 is 0. The van der Waals surface area contributed by atoms with E-state index in [0.717, 1.165) is 19.3 Å². The van der Waals surface area contributed by atoms with Gasteiger partial charge in [0.15, 0.2) is 0 Å². The lowest BCUT2D eigenvalue weighted by Crippen LogP contribution is -2.26. The molecule has 0 aliphatic heterocycles. The van der Waals surface area contributed by atoms with E-state index in [0.29, 0.717) is 18.2 Å². The number of hydrogen-bond donors (Lipinski definition) is 1. The maximum atomic E-state index is 11.7. The third kappa shape index (κ3) is 3.53. The number of nitrogens with two attached hydrogens (primary N) is 1. The topological polar surface area (TPSA) is 83.0 Å². The zero-order valence-corrected chi connectivity index (χ0v) is 10.7. The van der Waals surface area contributed by atoms with Crippen LogP contribution in [0.3, 0.4) is 0 Å². The molecule has 2 atom stereocenters. The maximum absolute atomic E-state index is 11.7. The molecule has 0 radical (unpaired) electrons. The Morgan fingerprint density at radius 2 is 2.44 bits per heavy atom. The molecule has 2 unspecified atom stereocenters. The van der Waals surface area contributed by atoms with Gasteiger partial charge in [0.05, 0.1) is 11.9 Å². The molecule has 0 bridgehead atoms. The molecule has 6 heteroatoms. The third-order valence-electron chi connectivity index (χ3n) is 3.27. The molecule has 6 nitrogen and oxygen atoms in total. The van der Waals surface area contributed by atoms with Gasteiger partial charge in [0.25, 0.3) is 0 Å². The Hall–Kier alpha value is -1.43. The lowest BCUT2D eigenvalue weighted by atomic mass is 9.89. The molecule has 1 aromatic heterocycles. The summed E-state index contributed by atoms with van der Waals surface area (Å²) in [6, 6.07) is 0. The van der Waals surface area contributed by atoms with E-state index in [2.05, 4.69) is 17.2 Å². The van der Waals surface area contributed by atoms with E-state index >= 15 is 0 Å². The number of rotatable bonds is 4. The van der Waals surface area contributed by atoms with Crippen molar-refractivity contribution in [3.05, 3.63) is 11.9 Å². The van der Waals surface area contributed by atoms with E-state index < -0.39 is 0 Å². The summed E-state index contributed by atoms with van der Waals surface area (Å²) in [5.41, 5.74) is 6.10. The second kappa shape index (κ2) is 5.95. The van der Waals surface area contributed by atoms with Crippen LogP contribution in [-0.4, -0.2) is 27.1 Å². The molecule has 1 aromatic rings. The Balaban J connectivity index is 1.81. The molecule has 2 N–H and O–H groups in total. The van der Waals surface area contributed by atoms with Gasteiger partial charge in [-0.3, -0.25) is 4.79 Å². The number of hydrogen-bond acceptors (Lipinski definition) is 5. The Kier molecular flexibility index (Phi) is 4.30. The average molecular weight is 252 g/mol. The van der Waals surface area contributed by atoms with Gasteiger partial charge in [-0.15, -0.1) is 5.10 Å². The molecule has 0 spiro atoms. The van der Waals surface area contributed by atoms with Gasteiger partial charge in [0.2, 0.25) is 0 Å². The van der Waals surface area contributed by atoms with Gasteiger partial charge in [-0.25, -0.2) is 4.68 Å². The molecular formula is C12H20N4O2. The van der Waals surface area contributed by atoms with Crippen LogP contribution in [0.1, 0.15) is 38.3 Å². The molecule has 2 rings (SSSR count). The second-order valence-electron chi connectivity index (χ2n) is 5.00. The highest BCUT2D eigenvalue weighted by Gasteiger charge is 2.22. The largest absolute Gasteiger partial charge is 0.461 e. The quantitative estimate of drug-likeness (QED) is 0.803. The van der Waals surface area contributed by atoms with Crippen molar-refractivity contribution in [3.8, 4) is 0 Å². The minimum atomic E-state index is -0.248. The zero-order chi connectivity index (χ0) is 13.0. The normalized spacial score (nSPS) is 23.9. The number of esters is 1. The Labute approximate surface area is 106 Å². The number of nitrogens with zero attached hydrogens (tertiary/aromatic N) is 3. The third-order valence-corrected chi connectivity index (χ3v) is 3.27. The molecule has 1 heterocycles. The number of aromatic nitrogens is 3. The van der Waals surface area contributed by atoms with Gasteiger partial charge in [-0.2, -0.15) is 0 Å². The van der Waals surface area contributed by atoms with Crippen molar-refractivity contribution < 1.29 is 9.53 Å². The summed E-state index contributed by atoms with van der Waals surface area (Å²) in [6.45, 7) is 2.64. The van der Waals surface area contributed by atoms with Crippen molar-refractivity contribution in [3.63, 3.8) is 0 Å². The van der Waals surface area contributed by atoms with Crippen LogP contribution in [0.25, 0.3) is 0 Å². The van der Waals surface area contributed by atoms with Crippen molar-refractivity contribution in [2.24, 2.45) is 11.7 Å². The highest BCUT2D eigenvalue weighted by Crippen LogP contribution is 2.25. The lowest BCUT2D eigenvalue weighted by molar-refractivity contribution is -0.152. The summed E-state index contributed by atoms with van der Waals surface area (Å²) in [5, 5.41) is 7.65. The highest BCUT2D eigenvalue weighted by molar-refractivity contribution is 5.69. The molecule has 0 aromatic carbocycles. The summed E-state index contributed by atoms with van der Waals surface area (Å²) < 4.78 is 6.92. The standard InChI is InChI=1S/C12H20N4O2/c1-9-3-2-4-11(5-9)18-12(17)8-16-7-10(6-13)14-15-16/h7,9,11H,2-6,8,13H2,1H3. The van der Waals surface area contributed by atoms with Crippen molar-refractivity contribution >= 4 is 5.97 Å². The van der Waals surface area contributed by atoms with Gasteiger partial charge in [0.1, 0.15) is 12.6 Å². The monoisotopic (exact) mass is 252 g/mol. The van der Waals surface area contributed by atoms with Gasteiger partial charge < -0.3 is 10.5 Å². The highest BCUT2D eigenvalue weighted by atomic mass is 16.5. The number of carbonyl (C=O) groups excluding carboxylic acids is 1. The van der Waals surface area contributed by atoms with E-state index in [4.69, 9.17) is 10.5 Å². The van der Waals surface area contributed by atoms with Crippen LogP contribution in [0.15, 0.2) is 6.20 Å². The van der Waals surface area contributed by atoms with Crippen LogP contribution >= 0.6 is 0 Å². The molecule has 1 aliphatic carbocycles. The number of carbonyl (C=O) groups is 1. The molecule has 1 aliphatic rings. The smallest absolute Gasteiger partial charge is 0.328 e. The summed E-state index contributed by atoms with van der Waals surface area (Å²) in [5.74, 6) is 0.398. The summed E-state index contributed by atoms with van der Waals surface area (Å²) in [7, 11) is 0. The molecule has 18 heavy (non-hydrogen) atoms. The molecule has 100 valence electrons. The first-order chi connectivity index (χ1) is 8.67. The fourth-order valence-corrected chi connectivity index (χ4v) is 2.35. The van der Waals surface area contributed by atoms with Crippen molar-refractivity contribution in [2.75, 3.05) is 0 Å². The first-order valence-electron chi connectivity index (χ1n) is 6.46. The van der Waals surface area contributed by atoms with E-state index in [1.54, 1.807) is 6.20 Å². The molecule has 0 amide bonds. The van der Waals surface area contributed by atoms with E-state index in [9.17, 15) is 4.79 Å². The van der Waals surface area contributed by atoms with Crippen LogP contribution in [-0.2, 0) is 22.6 Å². The minimum Gasteiger partial charge on any atom is -0.461 e. The van der Waals surface area contributed by atoms with Gasteiger partial charge >= 0.3 is 5.97 Å². The van der Waals surface area contributed by atoms with Crippen molar-refractivity contribution in [2.45, 2.75) is 51.8 Å². The lowest BCUT2D eigenvalue weighted by Gasteiger charge is -2.26.